The van der Waals surface area contributed by atoms with E-state index in [-0.39, 0.29) is 12.3 Å². The van der Waals surface area contributed by atoms with Gasteiger partial charge in [-0.15, -0.1) is 0 Å². The Kier molecular flexibility index (Phi) is 7.05. The molecule has 0 aromatic carbocycles. The molecule has 0 unspecified atom stereocenters. The zero-order valence-corrected chi connectivity index (χ0v) is 15.5. The van der Waals surface area contributed by atoms with Crippen LogP contribution in [0, 0.1) is 5.92 Å². The number of hydrogen-bond donors (Lipinski definition) is 0. The molecule has 5 nitrogen and oxygen atoms in total. The lowest BCUT2D eigenvalue weighted by atomic mass is 9.88. The van der Waals surface area contributed by atoms with Gasteiger partial charge in [0.05, 0.1) is 10.0 Å². The maximum atomic E-state index is 13.5. The van der Waals surface area contributed by atoms with Crippen LogP contribution in [-0.2, 0) is 20.0 Å². The van der Waals surface area contributed by atoms with E-state index in [0.717, 1.165) is 19.3 Å². The predicted octanol–water partition coefficient (Wildman–Crippen LogP) is 4.42. The summed E-state index contributed by atoms with van der Waals surface area (Å²) < 4.78 is 162. The van der Waals surface area contributed by atoms with Gasteiger partial charge in [-0.25, -0.2) is 16.8 Å². The van der Waals surface area contributed by atoms with E-state index in [1.54, 1.807) is 4.13 Å². The second-order valence-electron chi connectivity index (χ2n) is 6.29. The number of halogens is 9. The van der Waals surface area contributed by atoms with Crippen LogP contribution in [0.5, 0.6) is 0 Å². The first kappa shape index (κ1) is 25.3. The highest BCUT2D eigenvalue weighted by Crippen LogP contribution is 2.55. The lowest BCUT2D eigenvalue weighted by Crippen LogP contribution is -2.63. The highest BCUT2D eigenvalue weighted by Gasteiger charge is 2.84. The summed E-state index contributed by atoms with van der Waals surface area (Å²) in [6.45, 7) is 0. The molecule has 0 saturated heterocycles. The molecular formula is C12H15F9NO4S2-. The van der Waals surface area contributed by atoms with Crippen LogP contribution in [0.25, 0.3) is 4.13 Å². The zero-order valence-electron chi connectivity index (χ0n) is 13.8. The molecular weight excluding hydrogens is 457 g/mol. The van der Waals surface area contributed by atoms with Gasteiger partial charge < -0.3 is 4.13 Å². The molecule has 0 spiro atoms. The topological polar surface area (TPSA) is 82.4 Å². The fourth-order valence-corrected chi connectivity index (χ4v) is 5.50. The summed E-state index contributed by atoms with van der Waals surface area (Å²) in [5.41, 5.74) is 0. The summed E-state index contributed by atoms with van der Waals surface area (Å²) in [6, 6.07) is 0. The van der Waals surface area contributed by atoms with Crippen molar-refractivity contribution in [2.24, 2.45) is 5.92 Å². The first-order valence-electron chi connectivity index (χ1n) is 7.70. The van der Waals surface area contributed by atoms with E-state index in [1.165, 1.54) is 0 Å². The maximum absolute atomic E-state index is 13.5. The average molecular weight is 472 g/mol. The molecule has 0 aromatic heterocycles. The Labute approximate surface area is 154 Å². The van der Waals surface area contributed by atoms with Crippen molar-refractivity contribution in [3.8, 4) is 0 Å². The van der Waals surface area contributed by atoms with Crippen molar-refractivity contribution in [2.45, 2.75) is 61.8 Å². The first-order chi connectivity index (χ1) is 12.3. The molecule has 168 valence electrons. The Balaban J connectivity index is 3.05. The van der Waals surface area contributed by atoms with E-state index < -0.39 is 49.1 Å². The molecule has 28 heavy (non-hydrogen) atoms. The Morgan fingerprint density at radius 1 is 0.750 bits per heavy atom. The van der Waals surface area contributed by atoms with E-state index in [0.29, 0.717) is 12.8 Å². The molecule has 0 amide bonds. The fraction of sp³-hybridized carbons (Fsp3) is 1.00. The Morgan fingerprint density at radius 2 is 1.21 bits per heavy atom. The van der Waals surface area contributed by atoms with Crippen molar-refractivity contribution >= 4 is 20.0 Å². The van der Waals surface area contributed by atoms with Crippen molar-refractivity contribution in [1.29, 1.82) is 0 Å². The monoisotopic (exact) mass is 472 g/mol. The Hall–Kier alpha value is -0.770. The highest BCUT2D eigenvalue weighted by molar-refractivity contribution is 8.12. The van der Waals surface area contributed by atoms with Crippen LogP contribution in [0.4, 0.5) is 39.5 Å². The SMILES string of the molecule is O=S(=O)(CCC1CCCCC1)[N-]S(=O)(=O)C(F)(F)C(F)(F)C(F)(F)C(F)(F)F. The molecule has 0 radical (unpaired) electrons. The normalized spacial score (nSPS) is 19.0. The van der Waals surface area contributed by atoms with Crippen LogP contribution < -0.4 is 0 Å². The fourth-order valence-electron chi connectivity index (χ4n) is 2.55. The zero-order chi connectivity index (χ0) is 22.2. The third kappa shape index (κ3) is 4.86. The van der Waals surface area contributed by atoms with Gasteiger partial charge in [0.25, 0.3) is 0 Å². The molecule has 0 N–H and O–H groups in total. The summed E-state index contributed by atoms with van der Waals surface area (Å²) in [7, 11) is -12.7. The van der Waals surface area contributed by atoms with Gasteiger partial charge in [0.1, 0.15) is 0 Å². The van der Waals surface area contributed by atoms with Crippen LogP contribution in [-0.4, -0.2) is 45.9 Å². The van der Waals surface area contributed by atoms with Crippen LogP contribution in [0.3, 0.4) is 0 Å². The largest absolute Gasteiger partial charge is 0.460 e. The van der Waals surface area contributed by atoms with Gasteiger partial charge in [-0.2, -0.15) is 39.5 Å². The van der Waals surface area contributed by atoms with Crippen LogP contribution in [0.1, 0.15) is 38.5 Å². The second kappa shape index (κ2) is 7.81. The molecule has 1 aliphatic carbocycles. The quantitative estimate of drug-likeness (QED) is 0.490. The summed E-state index contributed by atoms with van der Waals surface area (Å²) in [5.74, 6) is -16.4. The third-order valence-electron chi connectivity index (χ3n) is 4.16. The number of rotatable bonds is 8. The van der Waals surface area contributed by atoms with Crippen molar-refractivity contribution in [1.82, 2.24) is 0 Å². The number of sulfonamides is 2. The van der Waals surface area contributed by atoms with Gasteiger partial charge in [-0.1, -0.05) is 32.1 Å². The van der Waals surface area contributed by atoms with E-state index in [1.807, 2.05) is 0 Å². The minimum Gasteiger partial charge on any atom is -0.431 e. The van der Waals surface area contributed by atoms with E-state index in [9.17, 15) is 56.3 Å². The summed E-state index contributed by atoms with van der Waals surface area (Å²) >= 11 is 0. The highest BCUT2D eigenvalue weighted by atomic mass is 32.3. The van der Waals surface area contributed by atoms with E-state index >= 15 is 0 Å². The predicted molar refractivity (Wildman–Crippen MR) is 78.2 cm³/mol. The van der Waals surface area contributed by atoms with Crippen molar-refractivity contribution in [3.63, 3.8) is 0 Å². The third-order valence-corrected chi connectivity index (χ3v) is 7.51. The Morgan fingerprint density at radius 3 is 1.64 bits per heavy atom. The van der Waals surface area contributed by atoms with E-state index in [2.05, 4.69) is 0 Å². The average Bonchev–Trinajstić information content (AvgIpc) is 2.51. The van der Waals surface area contributed by atoms with Crippen LogP contribution >= 0.6 is 0 Å². The molecule has 1 fully saturated rings. The van der Waals surface area contributed by atoms with Gasteiger partial charge in [-0.3, -0.25) is 0 Å². The minimum absolute atomic E-state index is 0.238. The number of hydrogen-bond acceptors (Lipinski definition) is 4. The van der Waals surface area contributed by atoms with E-state index in [4.69, 9.17) is 0 Å². The summed E-state index contributed by atoms with van der Waals surface area (Å²) in [5, 5.41) is -7.14. The molecule has 16 heteroatoms. The Bertz CT molecular complexity index is 756. The molecule has 1 saturated carbocycles. The van der Waals surface area contributed by atoms with Gasteiger partial charge in [-0.05, 0) is 12.3 Å². The number of nitrogens with zero attached hydrogens (tertiary/aromatic N) is 1. The molecule has 0 atom stereocenters. The molecule has 0 bridgehead atoms. The minimum atomic E-state index is -7.51. The molecule has 1 aliphatic rings. The number of alkyl halides is 9. The molecule has 0 aliphatic heterocycles. The van der Waals surface area contributed by atoms with Gasteiger partial charge >= 0.3 is 23.3 Å². The lowest BCUT2D eigenvalue weighted by molar-refractivity contribution is -0.382. The van der Waals surface area contributed by atoms with Crippen molar-refractivity contribution in [2.75, 3.05) is 5.75 Å². The van der Waals surface area contributed by atoms with Crippen LogP contribution in [0.2, 0.25) is 0 Å². The summed E-state index contributed by atoms with van der Waals surface area (Å²) in [6.07, 6.45) is -4.13. The van der Waals surface area contributed by atoms with Gasteiger partial charge in [0, 0.05) is 5.75 Å². The molecule has 0 aromatic rings. The smallest absolute Gasteiger partial charge is 0.431 e. The first-order valence-corrected chi connectivity index (χ1v) is 10.7. The lowest BCUT2D eigenvalue weighted by Gasteiger charge is -2.36. The maximum Gasteiger partial charge on any atom is 0.460 e. The standard InChI is InChI=1S/C12H15F9NO4S2/c13-9(14,11(17,18)19)10(15,16)12(20,21)28(25,26)22-27(23,24)7-6-8-4-2-1-3-5-8/h8H,1-7H2/q-1. The second-order valence-corrected chi connectivity index (χ2v) is 9.92. The van der Waals surface area contributed by atoms with Gasteiger partial charge in [0.15, 0.2) is 10.0 Å². The molecule has 0 heterocycles. The summed E-state index contributed by atoms with van der Waals surface area (Å²) in [4.78, 5) is 0. The van der Waals surface area contributed by atoms with Crippen LogP contribution in [0.15, 0.2) is 0 Å². The van der Waals surface area contributed by atoms with Crippen molar-refractivity contribution < 1.29 is 56.3 Å². The van der Waals surface area contributed by atoms with Gasteiger partial charge in [0.2, 0.25) is 0 Å². The van der Waals surface area contributed by atoms with Crippen molar-refractivity contribution in [3.05, 3.63) is 4.13 Å². The molecule has 1 rings (SSSR count).